The van der Waals surface area contributed by atoms with Crippen molar-refractivity contribution in [3.05, 3.63) is 15.6 Å². The zero-order valence-electron chi connectivity index (χ0n) is 9.64. The van der Waals surface area contributed by atoms with Crippen LogP contribution < -0.4 is 0 Å². The molecule has 1 fully saturated rings. The van der Waals surface area contributed by atoms with Gasteiger partial charge in [0.1, 0.15) is 4.88 Å². The first kappa shape index (κ1) is 12.5. The van der Waals surface area contributed by atoms with E-state index in [9.17, 15) is 4.79 Å². The highest BCUT2D eigenvalue weighted by atomic mass is 32.1. The molecule has 1 unspecified atom stereocenters. The van der Waals surface area contributed by atoms with Gasteiger partial charge in [-0.25, -0.2) is 9.78 Å². The second-order valence-electron chi connectivity index (χ2n) is 3.98. The quantitative estimate of drug-likeness (QED) is 0.892. The Bertz CT molecular complexity index is 398. The van der Waals surface area contributed by atoms with E-state index in [-0.39, 0.29) is 17.4 Å². The van der Waals surface area contributed by atoms with Crippen LogP contribution in [0.15, 0.2) is 0 Å². The van der Waals surface area contributed by atoms with Gasteiger partial charge in [-0.05, 0) is 12.8 Å². The van der Waals surface area contributed by atoms with Crippen molar-refractivity contribution >= 4 is 17.3 Å². The largest absolute Gasteiger partial charge is 0.477 e. The van der Waals surface area contributed by atoms with Crippen molar-refractivity contribution in [2.24, 2.45) is 0 Å². The number of thiazole rings is 1. The smallest absolute Gasteiger partial charge is 0.347 e. The summed E-state index contributed by atoms with van der Waals surface area (Å²) in [5.74, 6) is -0.699. The van der Waals surface area contributed by atoms with Crippen molar-refractivity contribution in [1.29, 1.82) is 0 Å². The minimum Gasteiger partial charge on any atom is -0.477 e. The first-order valence-electron chi connectivity index (χ1n) is 5.52. The number of hydrogen-bond acceptors (Lipinski definition) is 5. The number of aromatic carboxylic acids is 1. The van der Waals surface area contributed by atoms with Crippen LogP contribution in [0.1, 0.15) is 39.1 Å². The molecule has 2 heterocycles. The molecule has 1 aromatic rings. The summed E-state index contributed by atoms with van der Waals surface area (Å²) in [5, 5.41) is 9.94. The number of ether oxygens (including phenoxy) is 2. The third kappa shape index (κ3) is 2.83. The van der Waals surface area contributed by atoms with Crippen LogP contribution in [0.4, 0.5) is 0 Å². The van der Waals surface area contributed by atoms with E-state index < -0.39 is 5.97 Å². The predicted octanol–water partition coefficient (Wildman–Crippen LogP) is 1.88. The lowest BCUT2D eigenvalue weighted by Crippen LogP contribution is -2.15. The third-order valence-electron chi connectivity index (χ3n) is 2.70. The molecule has 5 nitrogen and oxygen atoms in total. The fraction of sp³-hybridized carbons (Fsp3) is 0.636. The molecule has 1 N–H and O–H groups in total. The Morgan fingerprint density at radius 3 is 3.12 bits per heavy atom. The molecule has 1 aliphatic heterocycles. The van der Waals surface area contributed by atoms with Crippen LogP contribution in [0.3, 0.4) is 0 Å². The lowest BCUT2D eigenvalue weighted by atomic mass is 10.0. The minimum atomic E-state index is -0.933. The van der Waals surface area contributed by atoms with Gasteiger partial charge in [0.25, 0.3) is 0 Å². The normalized spacial score (nSPS) is 20.4. The van der Waals surface area contributed by atoms with Gasteiger partial charge in [0.05, 0.1) is 23.9 Å². The fourth-order valence-corrected chi connectivity index (χ4v) is 2.91. The standard InChI is InChI=1S/C11H15NO4S/c1-15-6-8-9(11(13)14)17-10(12-8)7-3-2-4-16-5-7/h7H,2-6H2,1H3,(H,13,14). The van der Waals surface area contributed by atoms with E-state index in [2.05, 4.69) is 4.98 Å². The van der Waals surface area contributed by atoms with Crippen molar-refractivity contribution in [2.45, 2.75) is 25.4 Å². The van der Waals surface area contributed by atoms with E-state index in [1.165, 1.54) is 18.4 Å². The zero-order valence-corrected chi connectivity index (χ0v) is 10.5. The van der Waals surface area contributed by atoms with Crippen molar-refractivity contribution in [2.75, 3.05) is 20.3 Å². The highest BCUT2D eigenvalue weighted by Crippen LogP contribution is 2.31. The summed E-state index contributed by atoms with van der Waals surface area (Å²) in [6.45, 7) is 1.67. The Labute approximate surface area is 103 Å². The molecule has 0 spiro atoms. The summed E-state index contributed by atoms with van der Waals surface area (Å²) >= 11 is 1.24. The van der Waals surface area contributed by atoms with Crippen molar-refractivity contribution in [1.82, 2.24) is 4.98 Å². The van der Waals surface area contributed by atoms with E-state index in [4.69, 9.17) is 14.6 Å². The highest BCUT2D eigenvalue weighted by molar-refractivity contribution is 7.13. The number of nitrogens with zero attached hydrogens (tertiary/aromatic N) is 1. The topological polar surface area (TPSA) is 68.7 Å². The van der Waals surface area contributed by atoms with Gasteiger partial charge in [0.15, 0.2) is 0 Å². The second kappa shape index (κ2) is 5.57. The van der Waals surface area contributed by atoms with Gasteiger partial charge >= 0.3 is 5.97 Å². The summed E-state index contributed by atoms with van der Waals surface area (Å²) in [5.41, 5.74) is 0.519. The summed E-state index contributed by atoms with van der Waals surface area (Å²) in [4.78, 5) is 15.7. The van der Waals surface area contributed by atoms with Crippen molar-refractivity contribution in [3.8, 4) is 0 Å². The maximum atomic E-state index is 11.1. The lowest BCUT2D eigenvalue weighted by Gasteiger charge is -2.19. The molecule has 0 bridgehead atoms. The third-order valence-corrected chi connectivity index (χ3v) is 3.95. The van der Waals surface area contributed by atoms with Gasteiger partial charge in [-0.15, -0.1) is 11.3 Å². The van der Waals surface area contributed by atoms with Crippen molar-refractivity contribution < 1.29 is 19.4 Å². The molecular weight excluding hydrogens is 242 g/mol. The maximum absolute atomic E-state index is 11.1. The van der Waals surface area contributed by atoms with E-state index in [0.717, 1.165) is 24.5 Å². The Balaban J connectivity index is 2.22. The Kier molecular flexibility index (Phi) is 4.09. The predicted molar refractivity (Wildman–Crippen MR) is 62.6 cm³/mol. The first-order valence-corrected chi connectivity index (χ1v) is 6.33. The molecule has 1 saturated heterocycles. The monoisotopic (exact) mass is 257 g/mol. The fourth-order valence-electron chi connectivity index (χ4n) is 1.88. The summed E-state index contributed by atoms with van der Waals surface area (Å²) in [7, 11) is 1.54. The SMILES string of the molecule is COCc1nc(C2CCCOC2)sc1C(=O)O. The second-order valence-corrected chi connectivity index (χ2v) is 5.01. The molecular formula is C11H15NO4S. The minimum absolute atomic E-state index is 0.234. The van der Waals surface area contributed by atoms with Crippen LogP contribution in [0, 0.1) is 0 Å². The van der Waals surface area contributed by atoms with Crippen LogP contribution >= 0.6 is 11.3 Å². The summed E-state index contributed by atoms with van der Waals surface area (Å²) < 4.78 is 10.4. The first-order chi connectivity index (χ1) is 8.22. The number of hydrogen-bond donors (Lipinski definition) is 1. The molecule has 2 rings (SSSR count). The number of aromatic nitrogens is 1. The molecule has 0 amide bonds. The molecule has 1 atom stereocenters. The van der Waals surface area contributed by atoms with Gasteiger partial charge in [0, 0.05) is 19.6 Å². The molecule has 1 aromatic heterocycles. The van der Waals surface area contributed by atoms with Crippen LogP contribution in [-0.4, -0.2) is 36.4 Å². The Morgan fingerprint density at radius 2 is 2.53 bits per heavy atom. The van der Waals surface area contributed by atoms with Crippen LogP contribution in [-0.2, 0) is 16.1 Å². The van der Waals surface area contributed by atoms with Gasteiger partial charge in [-0.3, -0.25) is 0 Å². The van der Waals surface area contributed by atoms with E-state index >= 15 is 0 Å². The van der Waals surface area contributed by atoms with E-state index in [1.54, 1.807) is 0 Å². The molecule has 1 aliphatic rings. The van der Waals surface area contributed by atoms with Crippen LogP contribution in [0.5, 0.6) is 0 Å². The Morgan fingerprint density at radius 1 is 1.71 bits per heavy atom. The molecule has 94 valence electrons. The zero-order chi connectivity index (χ0) is 12.3. The van der Waals surface area contributed by atoms with Gasteiger partial charge in [-0.1, -0.05) is 0 Å². The number of carboxylic acids is 1. The Hall–Kier alpha value is -0.980. The molecule has 6 heteroatoms. The average Bonchev–Trinajstić information content (AvgIpc) is 2.75. The van der Waals surface area contributed by atoms with Gasteiger partial charge in [-0.2, -0.15) is 0 Å². The average molecular weight is 257 g/mol. The van der Waals surface area contributed by atoms with Crippen molar-refractivity contribution in [3.63, 3.8) is 0 Å². The number of carbonyl (C=O) groups is 1. The number of methoxy groups -OCH3 is 1. The van der Waals surface area contributed by atoms with Gasteiger partial charge in [0.2, 0.25) is 0 Å². The van der Waals surface area contributed by atoms with Crippen LogP contribution in [0.25, 0.3) is 0 Å². The molecule has 0 aliphatic carbocycles. The molecule has 17 heavy (non-hydrogen) atoms. The molecule has 0 saturated carbocycles. The van der Waals surface area contributed by atoms with Gasteiger partial charge < -0.3 is 14.6 Å². The molecule has 0 aromatic carbocycles. The summed E-state index contributed by atoms with van der Waals surface area (Å²) in [6, 6.07) is 0. The summed E-state index contributed by atoms with van der Waals surface area (Å²) in [6.07, 6.45) is 2.02. The van der Waals surface area contributed by atoms with Crippen LogP contribution in [0.2, 0.25) is 0 Å². The lowest BCUT2D eigenvalue weighted by molar-refractivity contribution is 0.0697. The molecule has 0 radical (unpaired) electrons. The van der Waals surface area contributed by atoms with E-state index in [1.807, 2.05) is 0 Å². The number of rotatable bonds is 4. The maximum Gasteiger partial charge on any atom is 0.347 e. The highest BCUT2D eigenvalue weighted by Gasteiger charge is 2.24. The van der Waals surface area contributed by atoms with E-state index in [0.29, 0.717) is 12.3 Å². The number of carboxylic acid groups (broad SMARTS) is 1.